The van der Waals surface area contributed by atoms with Crippen molar-refractivity contribution in [2.75, 3.05) is 13.1 Å². The third-order valence-corrected chi connectivity index (χ3v) is 6.48. The number of benzene rings is 1. The number of carbonyl (C=O) groups is 1. The maximum Gasteiger partial charge on any atom is 0.310 e. The lowest BCUT2D eigenvalue weighted by Crippen LogP contribution is -2.35. The molecule has 0 radical (unpaired) electrons. The molecule has 2 rings (SSSR count). The minimum absolute atomic E-state index is 0.00494. The summed E-state index contributed by atoms with van der Waals surface area (Å²) in [6.07, 6.45) is 0.324. The van der Waals surface area contributed by atoms with E-state index in [1.165, 1.54) is 4.31 Å². The fraction of sp³-hybridized carbons (Fsp3) is 0.462. The van der Waals surface area contributed by atoms with Crippen molar-refractivity contribution >= 4 is 31.9 Å². The average molecular weight is 362 g/mol. The van der Waals surface area contributed by atoms with E-state index >= 15 is 0 Å². The lowest BCUT2D eigenvalue weighted by Gasteiger charge is -2.20. The van der Waals surface area contributed by atoms with Crippen molar-refractivity contribution in [3.8, 4) is 0 Å². The highest BCUT2D eigenvalue weighted by molar-refractivity contribution is 9.10. The third kappa shape index (κ3) is 2.62. The number of carboxylic acid groups (broad SMARTS) is 1. The van der Waals surface area contributed by atoms with Crippen LogP contribution in [-0.2, 0) is 14.8 Å². The zero-order chi connectivity index (χ0) is 15.1. The molecule has 5 nitrogen and oxygen atoms in total. The molecule has 20 heavy (non-hydrogen) atoms. The first-order valence-corrected chi connectivity index (χ1v) is 8.40. The topological polar surface area (TPSA) is 74.7 Å². The number of rotatable bonds is 3. The van der Waals surface area contributed by atoms with Gasteiger partial charge in [0.15, 0.2) is 0 Å². The van der Waals surface area contributed by atoms with Crippen LogP contribution in [-0.4, -0.2) is 36.9 Å². The van der Waals surface area contributed by atoms with Gasteiger partial charge >= 0.3 is 5.97 Å². The summed E-state index contributed by atoms with van der Waals surface area (Å²) >= 11 is 3.27. The number of carboxylic acids is 1. The summed E-state index contributed by atoms with van der Waals surface area (Å²) in [6, 6.07) is 5.01. The van der Waals surface area contributed by atoms with Gasteiger partial charge in [-0.2, -0.15) is 4.31 Å². The zero-order valence-electron chi connectivity index (χ0n) is 11.3. The van der Waals surface area contributed by atoms with Crippen molar-refractivity contribution in [2.45, 2.75) is 25.2 Å². The Hall–Kier alpha value is -0.920. The first-order chi connectivity index (χ1) is 9.17. The maximum absolute atomic E-state index is 12.6. The number of hydrogen-bond donors (Lipinski definition) is 1. The van der Waals surface area contributed by atoms with Crippen LogP contribution in [0.1, 0.15) is 18.9 Å². The first kappa shape index (κ1) is 15.5. The van der Waals surface area contributed by atoms with Crippen LogP contribution in [0.4, 0.5) is 0 Å². The largest absolute Gasteiger partial charge is 0.481 e. The van der Waals surface area contributed by atoms with Crippen LogP contribution in [0.2, 0.25) is 0 Å². The second-order valence-electron chi connectivity index (χ2n) is 5.39. The van der Waals surface area contributed by atoms with Crippen molar-refractivity contribution in [3.63, 3.8) is 0 Å². The van der Waals surface area contributed by atoms with Crippen LogP contribution >= 0.6 is 15.9 Å². The number of aliphatic carboxylic acids is 1. The Bertz CT molecular complexity index is 658. The van der Waals surface area contributed by atoms with Gasteiger partial charge in [0.1, 0.15) is 0 Å². The Morgan fingerprint density at radius 3 is 2.60 bits per heavy atom. The SMILES string of the molecule is Cc1ccc(S(=O)(=O)N2CCC(C)(C(=O)O)C2)c(Br)c1. The third-order valence-electron chi connectivity index (χ3n) is 3.66. The molecule has 0 bridgehead atoms. The second-order valence-corrected chi connectivity index (χ2v) is 8.15. The monoisotopic (exact) mass is 361 g/mol. The van der Waals surface area contributed by atoms with Gasteiger partial charge in [0, 0.05) is 17.6 Å². The lowest BCUT2D eigenvalue weighted by atomic mass is 9.90. The minimum Gasteiger partial charge on any atom is -0.481 e. The molecule has 1 heterocycles. The van der Waals surface area contributed by atoms with E-state index in [1.807, 2.05) is 6.92 Å². The van der Waals surface area contributed by atoms with E-state index in [0.29, 0.717) is 10.9 Å². The molecule has 1 N–H and O–H groups in total. The Kier molecular flexibility index (Phi) is 3.96. The number of halogens is 1. The van der Waals surface area contributed by atoms with Crippen molar-refractivity contribution in [1.82, 2.24) is 4.31 Å². The molecular formula is C13H16BrNO4S. The molecule has 0 aliphatic carbocycles. The van der Waals surface area contributed by atoms with E-state index in [-0.39, 0.29) is 18.0 Å². The molecule has 0 saturated carbocycles. The standard InChI is InChI=1S/C13H16BrNO4S/c1-9-3-4-11(10(14)7-9)20(18,19)15-6-5-13(2,8-15)12(16)17/h3-4,7H,5-6,8H2,1-2H3,(H,16,17). The highest BCUT2D eigenvalue weighted by Crippen LogP contribution is 2.35. The second kappa shape index (κ2) is 5.13. The molecule has 0 amide bonds. The van der Waals surface area contributed by atoms with Gasteiger partial charge in [0.05, 0.1) is 10.3 Å². The van der Waals surface area contributed by atoms with Gasteiger partial charge in [0.25, 0.3) is 0 Å². The van der Waals surface area contributed by atoms with Crippen molar-refractivity contribution in [1.29, 1.82) is 0 Å². The van der Waals surface area contributed by atoms with E-state index in [9.17, 15) is 18.3 Å². The average Bonchev–Trinajstić information content (AvgIpc) is 2.73. The molecule has 0 aromatic heterocycles. The fourth-order valence-electron chi connectivity index (χ4n) is 2.25. The number of hydrogen-bond acceptors (Lipinski definition) is 3. The van der Waals surface area contributed by atoms with E-state index in [4.69, 9.17) is 0 Å². The van der Waals surface area contributed by atoms with Gasteiger partial charge in [-0.3, -0.25) is 4.79 Å². The van der Waals surface area contributed by atoms with Gasteiger partial charge in [-0.05, 0) is 53.9 Å². The Balaban J connectivity index is 2.35. The summed E-state index contributed by atoms with van der Waals surface area (Å²) < 4.78 is 26.9. The molecule has 1 saturated heterocycles. The highest BCUT2D eigenvalue weighted by atomic mass is 79.9. The van der Waals surface area contributed by atoms with Crippen LogP contribution < -0.4 is 0 Å². The van der Waals surface area contributed by atoms with Crippen molar-refractivity contribution in [2.24, 2.45) is 5.41 Å². The molecule has 7 heteroatoms. The molecule has 0 spiro atoms. The molecular weight excluding hydrogens is 346 g/mol. The highest BCUT2D eigenvalue weighted by Gasteiger charge is 2.45. The smallest absolute Gasteiger partial charge is 0.310 e. The molecule has 1 aliphatic heterocycles. The van der Waals surface area contributed by atoms with E-state index < -0.39 is 21.4 Å². The summed E-state index contributed by atoms with van der Waals surface area (Å²) in [6.45, 7) is 3.68. The van der Waals surface area contributed by atoms with Crippen molar-refractivity contribution in [3.05, 3.63) is 28.2 Å². The number of sulfonamides is 1. The summed E-state index contributed by atoms with van der Waals surface area (Å²) in [4.78, 5) is 11.4. The Labute approximate surface area is 126 Å². The lowest BCUT2D eigenvalue weighted by molar-refractivity contribution is -0.146. The van der Waals surface area contributed by atoms with Crippen LogP contribution in [0.25, 0.3) is 0 Å². The summed E-state index contributed by atoms with van der Waals surface area (Å²) in [5.41, 5.74) is -0.0582. The predicted molar refractivity (Wildman–Crippen MR) is 78.0 cm³/mol. The summed E-state index contributed by atoms with van der Waals surface area (Å²) in [5.74, 6) is -0.960. The fourth-order valence-corrected chi connectivity index (χ4v) is 4.97. The van der Waals surface area contributed by atoms with E-state index in [0.717, 1.165) is 5.56 Å². The predicted octanol–water partition coefficient (Wildman–Crippen LogP) is 2.24. The summed E-state index contributed by atoms with van der Waals surface area (Å²) in [7, 11) is -3.67. The molecule has 1 fully saturated rings. The molecule has 1 aliphatic rings. The maximum atomic E-state index is 12.6. The molecule has 1 aromatic rings. The van der Waals surface area contributed by atoms with Crippen LogP contribution in [0.3, 0.4) is 0 Å². The van der Waals surface area contributed by atoms with Crippen LogP contribution in [0.5, 0.6) is 0 Å². The van der Waals surface area contributed by atoms with Gasteiger partial charge in [-0.1, -0.05) is 6.07 Å². The Morgan fingerprint density at radius 1 is 1.45 bits per heavy atom. The molecule has 1 aromatic carbocycles. The molecule has 110 valence electrons. The minimum atomic E-state index is -3.67. The zero-order valence-corrected chi connectivity index (χ0v) is 13.7. The van der Waals surface area contributed by atoms with E-state index in [2.05, 4.69) is 15.9 Å². The number of nitrogens with zero attached hydrogens (tertiary/aromatic N) is 1. The quantitative estimate of drug-likeness (QED) is 0.895. The Morgan fingerprint density at radius 2 is 2.10 bits per heavy atom. The normalized spacial score (nSPS) is 23.9. The number of aryl methyl sites for hydroxylation is 1. The van der Waals surface area contributed by atoms with E-state index in [1.54, 1.807) is 25.1 Å². The summed E-state index contributed by atoms with van der Waals surface area (Å²) in [5, 5.41) is 9.19. The first-order valence-electron chi connectivity index (χ1n) is 6.16. The van der Waals surface area contributed by atoms with Gasteiger partial charge in [-0.25, -0.2) is 8.42 Å². The van der Waals surface area contributed by atoms with Gasteiger partial charge < -0.3 is 5.11 Å². The van der Waals surface area contributed by atoms with Crippen LogP contribution in [0.15, 0.2) is 27.6 Å². The molecule has 1 atom stereocenters. The molecule has 1 unspecified atom stereocenters. The van der Waals surface area contributed by atoms with Gasteiger partial charge in [-0.15, -0.1) is 0 Å². The van der Waals surface area contributed by atoms with Crippen LogP contribution in [0, 0.1) is 12.3 Å². The van der Waals surface area contributed by atoms with Gasteiger partial charge in [0.2, 0.25) is 10.0 Å². The van der Waals surface area contributed by atoms with Crippen molar-refractivity contribution < 1.29 is 18.3 Å².